The first-order valence-electron chi connectivity index (χ1n) is 12.0. The van der Waals surface area contributed by atoms with Crippen molar-refractivity contribution in [3.8, 4) is 11.5 Å². The third-order valence-corrected chi connectivity index (χ3v) is 5.51. The first-order valence-corrected chi connectivity index (χ1v) is 12.0. The molecule has 0 saturated heterocycles. The van der Waals surface area contributed by atoms with E-state index in [2.05, 4.69) is 45.1 Å². The SMILES string of the molecule is CC(C)(C)CC(C)(C)c1ccc(OCC(=O)N/N=C\c2cccc(OC(=O)c3cccc(F)c3)c2)cc1. The summed E-state index contributed by atoms with van der Waals surface area (Å²) < 4.78 is 24.2. The minimum absolute atomic E-state index is 0.0258. The Morgan fingerprint density at radius 1 is 0.919 bits per heavy atom. The average molecular weight is 505 g/mol. The third-order valence-electron chi connectivity index (χ3n) is 5.51. The molecule has 3 rings (SSSR count). The van der Waals surface area contributed by atoms with E-state index in [4.69, 9.17) is 9.47 Å². The van der Waals surface area contributed by atoms with Gasteiger partial charge in [0, 0.05) is 0 Å². The van der Waals surface area contributed by atoms with Gasteiger partial charge >= 0.3 is 5.97 Å². The number of rotatable bonds is 9. The molecule has 0 heterocycles. The fourth-order valence-electron chi connectivity index (χ4n) is 4.23. The first kappa shape index (κ1) is 27.6. The van der Waals surface area contributed by atoms with Crippen molar-refractivity contribution in [2.24, 2.45) is 10.5 Å². The van der Waals surface area contributed by atoms with Crippen molar-refractivity contribution in [2.75, 3.05) is 6.61 Å². The molecule has 3 aromatic rings. The number of esters is 1. The number of hydrogen-bond acceptors (Lipinski definition) is 5. The van der Waals surface area contributed by atoms with Crippen molar-refractivity contribution in [3.05, 3.63) is 95.3 Å². The number of nitrogens with one attached hydrogen (secondary N) is 1. The molecule has 0 aliphatic heterocycles. The largest absolute Gasteiger partial charge is 0.484 e. The second-order valence-electron chi connectivity index (χ2n) is 10.7. The summed E-state index contributed by atoms with van der Waals surface area (Å²) in [7, 11) is 0. The fraction of sp³-hybridized carbons (Fsp3) is 0.300. The minimum atomic E-state index is -0.676. The van der Waals surface area contributed by atoms with Crippen LogP contribution in [0.2, 0.25) is 0 Å². The van der Waals surface area contributed by atoms with Gasteiger partial charge in [0.15, 0.2) is 6.61 Å². The van der Waals surface area contributed by atoms with E-state index in [1.165, 1.54) is 30.0 Å². The summed E-state index contributed by atoms with van der Waals surface area (Å²) in [5, 5.41) is 3.93. The molecule has 0 aliphatic carbocycles. The normalized spacial score (nSPS) is 11.8. The molecule has 0 spiro atoms. The van der Waals surface area contributed by atoms with Crippen molar-refractivity contribution in [3.63, 3.8) is 0 Å². The van der Waals surface area contributed by atoms with Gasteiger partial charge in [-0.2, -0.15) is 5.10 Å². The van der Waals surface area contributed by atoms with Gasteiger partial charge in [0.1, 0.15) is 17.3 Å². The second-order valence-corrected chi connectivity index (χ2v) is 10.7. The number of amides is 1. The van der Waals surface area contributed by atoms with E-state index in [1.807, 2.05) is 24.3 Å². The molecular formula is C30H33FN2O4. The minimum Gasteiger partial charge on any atom is -0.484 e. The molecule has 6 nitrogen and oxygen atoms in total. The Kier molecular flexibility index (Phi) is 8.81. The zero-order valence-corrected chi connectivity index (χ0v) is 21.9. The maximum Gasteiger partial charge on any atom is 0.343 e. The highest BCUT2D eigenvalue weighted by Gasteiger charge is 2.27. The molecule has 194 valence electrons. The fourth-order valence-corrected chi connectivity index (χ4v) is 4.23. The molecule has 0 atom stereocenters. The number of nitrogens with zero attached hydrogens (tertiary/aromatic N) is 1. The maximum atomic E-state index is 13.3. The van der Waals surface area contributed by atoms with Crippen LogP contribution < -0.4 is 14.9 Å². The average Bonchev–Trinajstić information content (AvgIpc) is 2.82. The Bertz CT molecular complexity index is 1260. The quantitative estimate of drug-likeness (QED) is 0.161. The molecule has 0 saturated carbocycles. The van der Waals surface area contributed by atoms with Crippen LogP contribution in [-0.4, -0.2) is 24.7 Å². The highest BCUT2D eigenvalue weighted by atomic mass is 19.1. The van der Waals surface area contributed by atoms with E-state index < -0.39 is 17.7 Å². The molecule has 0 bridgehead atoms. The van der Waals surface area contributed by atoms with E-state index in [9.17, 15) is 14.0 Å². The van der Waals surface area contributed by atoms with Crippen molar-refractivity contribution in [2.45, 2.75) is 46.5 Å². The molecule has 0 aliphatic rings. The molecular weight excluding hydrogens is 471 g/mol. The van der Waals surface area contributed by atoms with Gasteiger partial charge in [0.05, 0.1) is 11.8 Å². The molecule has 7 heteroatoms. The molecule has 1 amide bonds. The Morgan fingerprint density at radius 2 is 1.62 bits per heavy atom. The maximum absolute atomic E-state index is 13.3. The first-order chi connectivity index (χ1) is 17.4. The van der Waals surface area contributed by atoms with Gasteiger partial charge in [0.2, 0.25) is 0 Å². The molecule has 0 radical (unpaired) electrons. The van der Waals surface area contributed by atoms with Crippen LogP contribution in [0.5, 0.6) is 11.5 Å². The van der Waals surface area contributed by atoms with Crippen LogP contribution >= 0.6 is 0 Å². The Balaban J connectivity index is 1.49. The van der Waals surface area contributed by atoms with Gasteiger partial charge in [-0.25, -0.2) is 14.6 Å². The predicted octanol–water partition coefficient (Wildman–Crippen LogP) is 6.29. The third kappa shape index (κ3) is 8.86. The van der Waals surface area contributed by atoms with E-state index in [0.29, 0.717) is 11.3 Å². The lowest BCUT2D eigenvalue weighted by Crippen LogP contribution is -2.25. The highest BCUT2D eigenvalue weighted by molar-refractivity contribution is 5.91. The van der Waals surface area contributed by atoms with E-state index >= 15 is 0 Å². The summed E-state index contributed by atoms with van der Waals surface area (Å²) in [5.41, 5.74) is 4.57. The van der Waals surface area contributed by atoms with Crippen molar-refractivity contribution in [1.82, 2.24) is 5.43 Å². The zero-order valence-electron chi connectivity index (χ0n) is 21.9. The Labute approximate surface area is 217 Å². The van der Waals surface area contributed by atoms with Crippen LogP contribution in [0.4, 0.5) is 4.39 Å². The van der Waals surface area contributed by atoms with E-state index in [1.54, 1.807) is 24.3 Å². The van der Waals surface area contributed by atoms with E-state index in [-0.39, 0.29) is 28.7 Å². The molecule has 0 aromatic heterocycles. The monoisotopic (exact) mass is 504 g/mol. The lowest BCUT2D eigenvalue weighted by molar-refractivity contribution is -0.123. The van der Waals surface area contributed by atoms with Gasteiger partial charge in [-0.15, -0.1) is 0 Å². The number of halogens is 1. The lowest BCUT2D eigenvalue weighted by atomic mass is 9.72. The summed E-state index contributed by atoms with van der Waals surface area (Å²) in [4.78, 5) is 24.3. The van der Waals surface area contributed by atoms with Crippen molar-refractivity contribution in [1.29, 1.82) is 0 Å². The summed E-state index contributed by atoms with van der Waals surface area (Å²) in [6.45, 7) is 11.0. The lowest BCUT2D eigenvalue weighted by Gasteiger charge is -2.33. The molecule has 3 aromatic carbocycles. The summed E-state index contributed by atoms with van der Waals surface area (Å²) in [6.07, 6.45) is 2.46. The van der Waals surface area contributed by atoms with Gasteiger partial charge in [-0.1, -0.05) is 65.0 Å². The van der Waals surface area contributed by atoms with Crippen LogP contribution in [0.1, 0.15) is 62.5 Å². The summed E-state index contributed by atoms with van der Waals surface area (Å²) in [5.74, 6) is -0.747. The molecule has 37 heavy (non-hydrogen) atoms. The smallest absolute Gasteiger partial charge is 0.343 e. The number of hydrogen-bond donors (Lipinski definition) is 1. The van der Waals surface area contributed by atoms with Gasteiger partial charge in [0.25, 0.3) is 5.91 Å². The summed E-state index contributed by atoms with van der Waals surface area (Å²) >= 11 is 0. The number of ether oxygens (including phenoxy) is 2. The van der Waals surface area contributed by atoms with Gasteiger partial charge < -0.3 is 9.47 Å². The highest BCUT2D eigenvalue weighted by Crippen LogP contribution is 2.36. The van der Waals surface area contributed by atoms with Crippen LogP contribution in [0.15, 0.2) is 77.9 Å². The van der Waals surface area contributed by atoms with Crippen LogP contribution in [0.3, 0.4) is 0 Å². The molecule has 1 N–H and O–H groups in total. The van der Waals surface area contributed by atoms with Crippen molar-refractivity contribution < 1.29 is 23.5 Å². The Hall–Kier alpha value is -4.00. The summed E-state index contributed by atoms with van der Waals surface area (Å²) in [6, 6.07) is 19.6. The van der Waals surface area contributed by atoms with Gasteiger partial charge in [-0.3, -0.25) is 4.79 Å². The second kappa shape index (κ2) is 11.8. The Morgan fingerprint density at radius 3 is 2.30 bits per heavy atom. The number of benzene rings is 3. The van der Waals surface area contributed by atoms with Crippen molar-refractivity contribution >= 4 is 18.1 Å². The standard InChI is InChI=1S/C30H33FN2O4/c1-29(2,3)20-30(4,5)23-12-14-25(15-13-23)36-19-27(34)33-32-18-21-8-6-11-26(16-21)37-28(35)22-9-7-10-24(31)17-22/h6-18H,19-20H2,1-5H3,(H,33,34)/b32-18-. The van der Waals surface area contributed by atoms with E-state index in [0.717, 1.165) is 12.5 Å². The molecule has 0 unspecified atom stereocenters. The zero-order chi connectivity index (χ0) is 27.1. The van der Waals surface area contributed by atoms with Crippen LogP contribution in [0.25, 0.3) is 0 Å². The predicted molar refractivity (Wildman–Crippen MR) is 143 cm³/mol. The number of carbonyl (C=O) groups excluding carboxylic acids is 2. The van der Waals surface area contributed by atoms with Crippen LogP contribution in [0, 0.1) is 11.2 Å². The topological polar surface area (TPSA) is 77.0 Å². The molecule has 0 fully saturated rings. The van der Waals surface area contributed by atoms with Crippen LogP contribution in [-0.2, 0) is 10.2 Å². The number of carbonyl (C=O) groups is 2. The number of hydrazone groups is 1. The van der Waals surface area contributed by atoms with Gasteiger partial charge in [-0.05, 0) is 70.8 Å².